The van der Waals surface area contributed by atoms with Crippen molar-refractivity contribution in [2.24, 2.45) is 11.3 Å². The lowest BCUT2D eigenvalue weighted by Crippen LogP contribution is -2.62. The maximum absolute atomic E-state index is 14.1. The molecule has 190 valence electrons. The molecule has 0 amide bonds. The molecular weight excluding hydrogens is 466 g/mol. The van der Waals surface area contributed by atoms with Crippen molar-refractivity contribution >= 4 is 11.8 Å². The Hall–Kier alpha value is -3.64. The van der Waals surface area contributed by atoms with E-state index in [1.807, 2.05) is 42.5 Å². The van der Waals surface area contributed by atoms with E-state index in [2.05, 4.69) is 29.6 Å². The smallest absolute Gasteiger partial charge is 0.311 e. The van der Waals surface area contributed by atoms with Crippen LogP contribution in [-0.4, -0.2) is 43.7 Å². The molecule has 37 heavy (non-hydrogen) atoms. The number of rotatable bonds is 7. The first-order chi connectivity index (χ1) is 18.0. The predicted molar refractivity (Wildman–Crippen MR) is 139 cm³/mol. The Morgan fingerprint density at radius 2 is 1.73 bits per heavy atom. The molecule has 4 aliphatic rings. The van der Waals surface area contributed by atoms with E-state index in [9.17, 15) is 14.7 Å². The fraction of sp³-hybridized carbons (Fsp3) is 0.355. The number of carbonyl (C=O) groups excluding carboxylic acids is 1. The number of ether oxygens (including phenoxy) is 2. The molecule has 5 atom stereocenters. The summed E-state index contributed by atoms with van der Waals surface area (Å²) in [5.74, 6) is -0.308. The fourth-order valence-electron chi connectivity index (χ4n) is 7.86. The van der Waals surface area contributed by atoms with Crippen molar-refractivity contribution in [1.82, 2.24) is 5.32 Å². The van der Waals surface area contributed by atoms with Gasteiger partial charge in [-0.3, -0.25) is 9.59 Å². The number of methoxy groups -OCH3 is 2. The summed E-state index contributed by atoms with van der Waals surface area (Å²) in [5, 5.41) is 14.3. The summed E-state index contributed by atoms with van der Waals surface area (Å²) in [6.45, 7) is 0.270. The van der Waals surface area contributed by atoms with Gasteiger partial charge < -0.3 is 19.9 Å². The zero-order valence-corrected chi connectivity index (χ0v) is 21.1. The SMILES string of the molecule is COc1cccc(CC(=O)C2NCC3(C(=O)O)C4CCC(c5ccccc5)(c5ccccc54)C23)c1OC. The van der Waals surface area contributed by atoms with E-state index in [1.54, 1.807) is 20.3 Å². The molecule has 1 saturated carbocycles. The van der Waals surface area contributed by atoms with E-state index >= 15 is 0 Å². The third-order valence-electron chi connectivity index (χ3n) is 9.18. The van der Waals surface area contributed by atoms with Crippen molar-refractivity contribution in [3.63, 3.8) is 0 Å². The largest absolute Gasteiger partial charge is 0.493 e. The van der Waals surface area contributed by atoms with Gasteiger partial charge in [0.1, 0.15) is 0 Å². The molecule has 1 heterocycles. The van der Waals surface area contributed by atoms with Gasteiger partial charge >= 0.3 is 5.97 Å². The van der Waals surface area contributed by atoms with Gasteiger partial charge in [0.15, 0.2) is 17.3 Å². The quantitative estimate of drug-likeness (QED) is 0.505. The van der Waals surface area contributed by atoms with E-state index in [0.29, 0.717) is 11.5 Å². The Balaban J connectivity index is 1.51. The molecule has 7 rings (SSSR count). The van der Waals surface area contributed by atoms with E-state index in [4.69, 9.17) is 9.47 Å². The van der Waals surface area contributed by atoms with Crippen LogP contribution in [-0.2, 0) is 21.4 Å². The minimum absolute atomic E-state index is 0.0278. The van der Waals surface area contributed by atoms with Crippen LogP contribution in [0.15, 0.2) is 72.8 Å². The van der Waals surface area contributed by atoms with Crippen LogP contribution in [0, 0.1) is 11.3 Å². The van der Waals surface area contributed by atoms with Crippen LogP contribution in [0.3, 0.4) is 0 Å². The zero-order chi connectivity index (χ0) is 25.8. The molecule has 6 nitrogen and oxygen atoms in total. The summed E-state index contributed by atoms with van der Waals surface area (Å²) in [7, 11) is 3.14. The van der Waals surface area contributed by atoms with Crippen LogP contribution >= 0.6 is 0 Å². The Morgan fingerprint density at radius 3 is 2.46 bits per heavy atom. The van der Waals surface area contributed by atoms with Gasteiger partial charge in [-0.25, -0.2) is 0 Å². The van der Waals surface area contributed by atoms with Gasteiger partial charge in [0.25, 0.3) is 0 Å². The number of Topliss-reactive ketones (excluding diaryl/α,β-unsaturated/α-hetero) is 1. The number of nitrogens with one attached hydrogen (secondary N) is 1. The molecule has 0 spiro atoms. The van der Waals surface area contributed by atoms with Gasteiger partial charge in [-0.15, -0.1) is 0 Å². The summed E-state index contributed by atoms with van der Waals surface area (Å²) < 4.78 is 11.0. The summed E-state index contributed by atoms with van der Waals surface area (Å²) in [5.41, 5.74) is 2.45. The molecule has 2 bridgehead atoms. The molecule has 1 aliphatic heterocycles. The predicted octanol–water partition coefficient (Wildman–Crippen LogP) is 4.35. The summed E-state index contributed by atoms with van der Waals surface area (Å²) in [4.78, 5) is 27.4. The second-order valence-corrected chi connectivity index (χ2v) is 10.5. The van der Waals surface area contributed by atoms with Gasteiger partial charge in [0, 0.05) is 35.8 Å². The van der Waals surface area contributed by atoms with Crippen molar-refractivity contribution in [3.8, 4) is 11.5 Å². The maximum atomic E-state index is 14.1. The summed E-state index contributed by atoms with van der Waals surface area (Å²) in [6.07, 6.45) is 1.72. The van der Waals surface area contributed by atoms with Crippen LogP contribution in [0.2, 0.25) is 0 Å². The van der Waals surface area contributed by atoms with E-state index in [1.165, 1.54) is 5.56 Å². The number of carboxylic acid groups (broad SMARTS) is 1. The van der Waals surface area contributed by atoms with E-state index in [0.717, 1.165) is 29.5 Å². The number of fused-ring (bicyclic) bond motifs is 1. The number of para-hydroxylation sites is 1. The van der Waals surface area contributed by atoms with Gasteiger partial charge in [-0.1, -0.05) is 66.7 Å². The highest BCUT2D eigenvalue weighted by molar-refractivity contribution is 5.91. The van der Waals surface area contributed by atoms with Gasteiger partial charge in [0.2, 0.25) is 0 Å². The third kappa shape index (κ3) is 3.15. The molecule has 2 N–H and O–H groups in total. The molecule has 0 radical (unpaired) electrons. The molecule has 5 unspecified atom stereocenters. The van der Waals surface area contributed by atoms with Crippen molar-refractivity contribution in [3.05, 3.63) is 95.1 Å². The minimum Gasteiger partial charge on any atom is -0.493 e. The number of carbonyl (C=O) groups is 2. The number of aliphatic carboxylic acids is 1. The highest BCUT2D eigenvalue weighted by Crippen LogP contribution is 2.69. The van der Waals surface area contributed by atoms with Crippen LogP contribution < -0.4 is 14.8 Å². The van der Waals surface area contributed by atoms with E-state index < -0.39 is 28.8 Å². The van der Waals surface area contributed by atoms with Crippen LogP contribution in [0.5, 0.6) is 11.5 Å². The lowest BCUT2D eigenvalue weighted by molar-refractivity contribution is -0.158. The van der Waals surface area contributed by atoms with Crippen molar-refractivity contribution in [2.45, 2.75) is 36.6 Å². The summed E-state index contributed by atoms with van der Waals surface area (Å²) >= 11 is 0. The highest BCUT2D eigenvalue weighted by atomic mass is 16.5. The second-order valence-electron chi connectivity index (χ2n) is 10.5. The maximum Gasteiger partial charge on any atom is 0.311 e. The third-order valence-corrected chi connectivity index (χ3v) is 9.18. The van der Waals surface area contributed by atoms with Crippen LogP contribution in [0.1, 0.15) is 41.0 Å². The standard InChI is InChI=1S/C31H31NO5/c1-36-25-14-8-9-19(27(25)37-2)17-24(33)26-28-30(20-10-4-3-5-11-20)16-15-23(21-12-6-7-13-22(21)30)31(28,18-32-26)29(34)35/h3-14,23,26,28,32H,15-18H2,1-2H3,(H,34,35). The van der Waals surface area contributed by atoms with Gasteiger partial charge in [0.05, 0.1) is 25.7 Å². The number of hydrogen-bond acceptors (Lipinski definition) is 5. The first-order valence-corrected chi connectivity index (χ1v) is 12.8. The second kappa shape index (κ2) is 8.73. The lowest BCUT2D eigenvalue weighted by atomic mass is 9.41. The first-order valence-electron chi connectivity index (χ1n) is 12.8. The topological polar surface area (TPSA) is 84.9 Å². The van der Waals surface area contributed by atoms with Gasteiger partial charge in [-0.05, 0) is 35.6 Å². The molecule has 3 aromatic rings. The van der Waals surface area contributed by atoms with E-state index in [-0.39, 0.29) is 24.7 Å². The monoisotopic (exact) mass is 497 g/mol. The van der Waals surface area contributed by atoms with Crippen molar-refractivity contribution < 1.29 is 24.2 Å². The Morgan fingerprint density at radius 1 is 0.973 bits per heavy atom. The summed E-state index contributed by atoms with van der Waals surface area (Å²) in [6, 6.07) is 23.4. The van der Waals surface area contributed by atoms with Gasteiger partial charge in [-0.2, -0.15) is 0 Å². The normalized spacial score (nSPS) is 29.3. The molecule has 6 heteroatoms. The van der Waals surface area contributed by atoms with Crippen LogP contribution in [0.25, 0.3) is 0 Å². The number of carboxylic acids is 1. The van der Waals surface area contributed by atoms with Crippen LogP contribution in [0.4, 0.5) is 0 Å². The average molecular weight is 498 g/mol. The molecule has 3 aliphatic carbocycles. The highest BCUT2D eigenvalue weighted by Gasteiger charge is 2.72. The molecular formula is C31H31NO5. The Labute approximate surface area is 216 Å². The Bertz CT molecular complexity index is 1370. The number of benzene rings is 3. The van der Waals surface area contributed by atoms with Crippen molar-refractivity contribution in [1.29, 1.82) is 0 Å². The average Bonchev–Trinajstić information content (AvgIpc) is 3.38. The minimum atomic E-state index is -1.07. The number of ketones is 1. The fourth-order valence-corrected chi connectivity index (χ4v) is 7.86. The molecule has 3 aromatic carbocycles. The van der Waals surface area contributed by atoms with Crippen molar-refractivity contribution in [2.75, 3.05) is 20.8 Å². The first kappa shape index (κ1) is 23.7. The zero-order valence-electron chi connectivity index (χ0n) is 21.1. The molecule has 2 fully saturated rings. The molecule has 0 aromatic heterocycles. The molecule has 1 saturated heterocycles. The lowest BCUT2D eigenvalue weighted by Gasteiger charge is -2.60. The number of hydrogen-bond donors (Lipinski definition) is 2. The Kier molecular flexibility index (Phi) is 5.60.